The van der Waals surface area contributed by atoms with Crippen LogP contribution in [-0.4, -0.2) is 52.8 Å². The maximum atomic E-state index is 13.4. The van der Waals surface area contributed by atoms with Crippen LogP contribution in [0.15, 0.2) is 60.7 Å². The van der Waals surface area contributed by atoms with E-state index in [-0.39, 0.29) is 24.6 Å². The summed E-state index contributed by atoms with van der Waals surface area (Å²) in [7, 11) is 0. The van der Waals surface area contributed by atoms with E-state index in [1.165, 1.54) is 0 Å². The smallest absolute Gasteiger partial charge is 0.410 e. The normalized spacial score (nSPS) is 19.0. The summed E-state index contributed by atoms with van der Waals surface area (Å²) in [5.74, 6) is -0.723. The topological polar surface area (TPSA) is 68.2 Å². The third-order valence-electron chi connectivity index (χ3n) is 6.00. The molecule has 1 saturated heterocycles. The predicted molar refractivity (Wildman–Crippen MR) is 128 cm³/mol. The number of hydrogen-bond donors (Lipinski definition) is 1. The Morgan fingerprint density at radius 2 is 1.52 bits per heavy atom. The number of aliphatic hydroxyl groups is 1. The third-order valence-corrected chi connectivity index (χ3v) is 6.00. The average molecular weight is 456 g/mol. The van der Waals surface area contributed by atoms with Gasteiger partial charge in [0.25, 0.3) is 0 Å². The van der Waals surface area contributed by atoms with Crippen LogP contribution in [0.3, 0.4) is 0 Å². The maximum absolute atomic E-state index is 13.4. The summed E-state index contributed by atoms with van der Waals surface area (Å²) < 4.78 is 17.9. The largest absolute Gasteiger partial charge is 0.442 e. The van der Waals surface area contributed by atoms with E-state index in [2.05, 4.69) is 0 Å². The molecular formula is C27H37NO5. The first-order chi connectivity index (χ1) is 15.5. The Bertz CT molecular complexity index is 850. The lowest BCUT2D eigenvalue weighted by atomic mass is 9.79. The van der Waals surface area contributed by atoms with Gasteiger partial charge in [-0.25, -0.2) is 4.79 Å². The summed E-state index contributed by atoms with van der Waals surface area (Å²) in [6, 6.07) is 18.6. The second kappa shape index (κ2) is 10.2. The van der Waals surface area contributed by atoms with E-state index in [4.69, 9.17) is 14.2 Å². The van der Waals surface area contributed by atoms with Gasteiger partial charge in [-0.15, -0.1) is 0 Å². The van der Waals surface area contributed by atoms with E-state index in [0.29, 0.717) is 17.7 Å². The highest BCUT2D eigenvalue weighted by Crippen LogP contribution is 2.39. The summed E-state index contributed by atoms with van der Waals surface area (Å²) in [6.45, 7) is 11.9. The Labute approximate surface area is 197 Å². The highest BCUT2D eigenvalue weighted by Gasteiger charge is 2.47. The summed E-state index contributed by atoms with van der Waals surface area (Å²) in [6.07, 6.45) is -1.42. The third kappa shape index (κ3) is 5.75. The van der Waals surface area contributed by atoms with Crippen molar-refractivity contribution in [1.29, 1.82) is 0 Å². The fraction of sp³-hybridized carbons (Fsp3) is 0.519. The molecule has 1 aliphatic rings. The fourth-order valence-electron chi connectivity index (χ4n) is 4.55. The first kappa shape index (κ1) is 25.2. The molecule has 6 heteroatoms. The van der Waals surface area contributed by atoms with Crippen LogP contribution in [0.25, 0.3) is 0 Å². The van der Waals surface area contributed by atoms with Crippen LogP contribution in [0.2, 0.25) is 0 Å². The van der Waals surface area contributed by atoms with Crippen molar-refractivity contribution in [2.75, 3.05) is 6.61 Å². The van der Waals surface area contributed by atoms with E-state index in [0.717, 1.165) is 0 Å². The first-order valence-corrected chi connectivity index (χ1v) is 11.7. The zero-order valence-corrected chi connectivity index (χ0v) is 20.5. The predicted octanol–water partition coefficient (Wildman–Crippen LogP) is 5.09. The molecule has 1 fully saturated rings. The number of ether oxygens (including phenoxy) is 3. The second-order valence-electron chi connectivity index (χ2n) is 9.65. The second-order valence-corrected chi connectivity index (χ2v) is 9.65. The molecule has 1 aliphatic heterocycles. The van der Waals surface area contributed by atoms with Gasteiger partial charge in [-0.2, -0.15) is 0 Å². The van der Waals surface area contributed by atoms with Gasteiger partial charge in [0.1, 0.15) is 6.10 Å². The van der Waals surface area contributed by atoms with Crippen LogP contribution >= 0.6 is 0 Å². The minimum absolute atomic E-state index is 0.0512. The van der Waals surface area contributed by atoms with Crippen molar-refractivity contribution in [1.82, 2.24) is 4.90 Å². The van der Waals surface area contributed by atoms with Gasteiger partial charge in [-0.3, -0.25) is 0 Å². The van der Waals surface area contributed by atoms with Gasteiger partial charge in [0.05, 0.1) is 12.7 Å². The lowest BCUT2D eigenvalue weighted by Gasteiger charge is -2.40. The van der Waals surface area contributed by atoms with Gasteiger partial charge in [-0.05, 0) is 52.7 Å². The van der Waals surface area contributed by atoms with Crippen LogP contribution in [0, 0.1) is 0 Å². The van der Waals surface area contributed by atoms with E-state index in [1.807, 2.05) is 102 Å². The minimum atomic E-state index is -1.58. The molecule has 3 rings (SSSR count). The lowest BCUT2D eigenvalue weighted by molar-refractivity contribution is -0.148. The number of carbonyl (C=O) groups is 1. The molecular weight excluding hydrogens is 418 g/mol. The molecule has 0 aliphatic carbocycles. The van der Waals surface area contributed by atoms with Crippen molar-refractivity contribution in [2.24, 2.45) is 0 Å². The quantitative estimate of drug-likeness (QED) is 0.601. The zero-order valence-electron chi connectivity index (χ0n) is 20.5. The number of benzene rings is 2. The van der Waals surface area contributed by atoms with Crippen LogP contribution in [-0.2, 0) is 19.8 Å². The first-order valence-electron chi connectivity index (χ1n) is 11.7. The van der Waals surface area contributed by atoms with E-state index >= 15 is 0 Å². The van der Waals surface area contributed by atoms with Crippen LogP contribution in [0.1, 0.15) is 59.1 Å². The lowest BCUT2D eigenvalue weighted by Crippen LogP contribution is -2.50. The Hall–Kier alpha value is -2.41. The standard InChI is InChI=1S/C27H37NO5/c1-19(2)28(20(3)4)25(29)32-24(17-23-18-31-26(5,6)33-23)27(30,21-13-9-7-10-14-21)22-15-11-8-12-16-22/h7-16,19-20,23-24,30H,17-18H2,1-6H3/t23-,24+/m0/s1. The monoisotopic (exact) mass is 455 g/mol. The van der Waals surface area contributed by atoms with E-state index in [9.17, 15) is 9.90 Å². The molecule has 0 radical (unpaired) electrons. The van der Waals surface area contributed by atoms with Crippen LogP contribution in [0.4, 0.5) is 4.79 Å². The number of hydrogen-bond acceptors (Lipinski definition) is 5. The van der Waals surface area contributed by atoms with Crippen molar-refractivity contribution in [3.63, 3.8) is 0 Å². The summed E-state index contributed by atoms with van der Waals surface area (Å²) in [4.78, 5) is 15.0. The van der Waals surface area contributed by atoms with E-state index < -0.39 is 23.6 Å². The van der Waals surface area contributed by atoms with Crippen molar-refractivity contribution < 1.29 is 24.1 Å². The average Bonchev–Trinajstić information content (AvgIpc) is 3.11. The molecule has 1 N–H and O–H groups in total. The molecule has 6 nitrogen and oxygen atoms in total. The number of carbonyl (C=O) groups excluding carboxylic acids is 1. The van der Waals surface area contributed by atoms with Gasteiger partial charge in [0, 0.05) is 18.5 Å². The highest BCUT2D eigenvalue weighted by atomic mass is 16.7. The molecule has 2 aromatic rings. The molecule has 1 amide bonds. The molecule has 1 heterocycles. The molecule has 0 bridgehead atoms. The summed E-state index contributed by atoms with van der Waals surface area (Å²) in [5.41, 5.74) is -0.283. The fourth-order valence-corrected chi connectivity index (χ4v) is 4.55. The Kier molecular flexibility index (Phi) is 7.83. The molecule has 0 spiro atoms. The van der Waals surface area contributed by atoms with Gasteiger partial charge < -0.3 is 24.2 Å². The van der Waals surface area contributed by atoms with E-state index in [1.54, 1.807) is 4.90 Å². The highest BCUT2D eigenvalue weighted by molar-refractivity contribution is 5.69. The molecule has 2 atom stereocenters. The summed E-state index contributed by atoms with van der Waals surface area (Å²) in [5, 5.41) is 12.3. The molecule has 0 saturated carbocycles. The maximum Gasteiger partial charge on any atom is 0.410 e. The molecule has 33 heavy (non-hydrogen) atoms. The van der Waals surface area contributed by atoms with Crippen molar-refractivity contribution in [3.05, 3.63) is 71.8 Å². The van der Waals surface area contributed by atoms with Crippen molar-refractivity contribution in [3.8, 4) is 0 Å². The molecule has 0 aromatic heterocycles. The van der Waals surface area contributed by atoms with Crippen LogP contribution < -0.4 is 0 Å². The van der Waals surface area contributed by atoms with Gasteiger partial charge in [0.15, 0.2) is 11.4 Å². The molecule has 0 unspecified atom stereocenters. The molecule has 180 valence electrons. The van der Waals surface area contributed by atoms with Crippen molar-refractivity contribution >= 4 is 6.09 Å². The molecule has 2 aromatic carbocycles. The van der Waals surface area contributed by atoms with Gasteiger partial charge >= 0.3 is 6.09 Å². The Morgan fingerprint density at radius 1 is 1.03 bits per heavy atom. The Morgan fingerprint density at radius 3 is 1.91 bits per heavy atom. The Balaban J connectivity index is 2.05. The number of nitrogens with zero attached hydrogens (tertiary/aromatic N) is 1. The number of amides is 1. The van der Waals surface area contributed by atoms with Crippen LogP contribution in [0.5, 0.6) is 0 Å². The zero-order chi connectivity index (χ0) is 24.2. The summed E-state index contributed by atoms with van der Waals surface area (Å²) >= 11 is 0. The number of rotatable bonds is 8. The SMILES string of the molecule is CC(C)N(C(=O)O[C@H](C[C@H]1COC(C)(C)O1)C(O)(c1ccccc1)c1ccccc1)C(C)C. The minimum Gasteiger partial charge on any atom is -0.442 e. The van der Waals surface area contributed by atoms with Gasteiger partial charge in [0.2, 0.25) is 0 Å². The van der Waals surface area contributed by atoms with Gasteiger partial charge in [-0.1, -0.05) is 60.7 Å². The van der Waals surface area contributed by atoms with Crippen molar-refractivity contribution in [2.45, 2.75) is 83.6 Å².